The van der Waals surface area contributed by atoms with Gasteiger partial charge in [-0.05, 0) is 69.4 Å². The van der Waals surface area contributed by atoms with E-state index in [0.29, 0.717) is 38.9 Å². The smallest absolute Gasteiger partial charge is 0.324 e. The Hall–Kier alpha value is -4.64. The molecule has 4 aliphatic rings. The molecule has 1 aromatic carbocycles. The van der Waals surface area contributed by atoms with Gasteiger partial charge in [-0.25, -0.2) is 15.2 Å². The van der Waals surface area contributed by atoms with Crippen molar-refractivity contribution < 1.29 is 28.7 Å². The Kier molecular flexibility index (Phi) is 11.7. The molecule has 2 saturated heterocycles. The summed E-state index contributed by atoms with van der Waals surface area (Å²) in [6.07, 6.45) is 2.83. The maximum absolute atomic E-state index is 14.9. The Morgan fingerprint density at radius 3 is 2.64 bits per heavy atom. The number of hydrogen-bond acceptors (Lipinski definition) is 10. The number of nitrogens with one attached hydrogen (secondary N) is 2. The molecular weight excluding hydrogens is 809 g/mol. The maximum Gasteiger partial charge on any atom is 0.324 e. The number of thiazole rings is 1. The van der Waals surface area contributed by atoms with Gasteiger partial charge in [-0.3, -0.25) is 24.4 Å². The quantitative estimate of drug-likeness (QED) is 0.161. The number of esters is 1. The molecule has 3 aliphatic heterocycles. The van der Waals surface area contributed by atoms with Gasteiger partial charge in [0.25, 0.3) is 0 Å². The first kappa shape index (κ1) is 43.0. The molecule has 6 atom stereocenters. The van der Waals surface area contributed by atoms with E-state index in [2.05, 4.69) is 60.3 Å². The lowest BCUT2D eigenvalue weighted by molar-refractivity contribution is -0.156. The first-order chi connectivity index (χ1) is 29.2. The number of amides is 4. The van der Waals surface area contributed by atoms with E-state index in [4.69, 9.17) is 19.4 Å². The summed E-state index contributed by atoms with van der Waals surface area (Å²) in [5.41, 5.74) is 9.13. The molecule has 4 aromatic rings. The Morgan fingerprint density at radius 2 is 1.93 bits per heavy atom. The monoisotopic (exact) mass is 866 g/mol. The Bertz CT molecular complexity index is 2360. The number of hydrogen-bond donors (Lipinski definition) is 2. The number of urea groups is 1. The van der Waals surface area contributed by atoms with Crippen LogP contribution in [0, 0.1) is 11.3 Å². The zero-order valence-electron chi connectivity index (χ0n) is 36.7. The molecule has 2 N–H and O–H groups in total. The summed E-state index contributed by atoms with van der Waals surface area (Å²) in [6, 6.07) is 8.90. The summed E-state index contributed by atoms with van der Waals surface area (Å²) in [6.45, 7) is 16.4. The molecule has 61 heavy (non-hydrogen) atoms. The van der Waals surface area contributed by atoms with E-state index in [9.17, 15) is 19.2 Å². The van der Waals surface area contributed by atoms with Gasteiger partial charge < -0.3 is 29.2 Å². The van der Waals surface area contributed by atoms with Crippen molar-refractivity contribution in [3.05, 3.63) is 58.2 Å². The van der Waals surface area contributed by atoms with E-state index in [0.717, 1.165) is 56.2 Å². The van der Waals surface area contributed by atoms with Gasteiger partial charge in [-0.1, -0.05) is 33.8 Å². The lowest BCUT2D eigenvalue weighted by Crippen LogP contribution is -2.58. The van der Waals surface area contributed by atoms with Crippen molar-refractivity contribution in [1.29, 1.82) is 0 Å². The summed E-state index contributed by atoms with van der Waals surface area (Å²) in [4.78, 5) is 69.8. The molecule has 1 spiro atoms. The summed E-state index contributed by atoms with van der Waals surface area (Å²) in [7, 11) is 3.46. The summed E-state index contributed by atoms with van der Waals surface area (Å²) in [5.74, 6) is -1.31. The molecule has 6 heterocycles. The van der Waals surface area contributed by atoms with Crippen LogP contribution in [0.15, 0.2) is 41.9 Å². The van der Waals surface area contributed by atoms with E-state index < -0.39 is 40.3 Å². The van der Waals surface area contributed by atoms with Crippen LogP contribution < -0.4 is 10.7 Å². The molecule has 0 saturated carbocycles. The van der Waals surface area contributed by atoms with Crippen molar-refractivity contribution in [3.8, 4) is 22.5 Å². The second kappa shape index (κ2) is 16.6. The number of methoxy groups -OCH3 is 1. The first-order valence-corrected chi connectivity index (χ1v) is 23.6. The van der Waals surface area contributed by atoms with Crippen LogP contribution in [0.4, 0.5) is 4.79 Å². The summed E-state index contributed by atoms with van der Waals surface area (Å²) >= 11 is 1.51. The van der Waals surface area contributed by atoms with Crippen LogP contribution in [0.25, 0.3) is 33.4 Å². The molecule has 324 valence electrons. The number of fused-ring (bicyclic) bond motifs is 8. The number of pyridine rings is 1. The van der Waals surface area contributed by atoms with Gasteiger partial charge in [0.2, 0.25) is 11.8 Å². The van der Waals surface area contributed by atoms with Gasteiger partial charge in [0.05, 0.1) is 43.3 Å². The third-order valence-electron chi connectivity index (χ3n) is 13.2. The Balaban J connectivity index is 1.21. The van der Waals surface area contributed by atoms with E-state index in [-0.39, 0.29) is 45.8 Å². The van der Waals surface area contributed by atoms with E-state index in [1.54, 1.807) is 24.1 Å². The topological polar surface area (TPSA) is 151 Å². The van der Waals surface area contributed by atoms with Gasteiger partial charge in [0.15, 0.2) is 0 Å². The van der Waals surface area contributed by atoms with Crippen LogP contribution in [0.1, 0.15) is 89.6 Å². The highest BCUT2D eigenvalue weighted by molar-refractivity contribution is 7.10. The number of carbonyl (C=O) groups excluding carboxylic acids is 4. The zero-order valence-corrected chi connectivity index (χ0v) is 38.5. The maximum atomic E-state index is 14.9. The van der Waals surface area contributed by atoms with Gasteiger partial charge in [-0.15, -0.1) is 11.3 Å². The average Bonchev–Trinajstić information content (AvgIpc) is 3.55. The number of hydrazine groups is 1. The van der Waals surface area contributed by atoms with Crippen molar-refractivity contribution >= 4 is 55.6 Å². The zero-order chi connectivity index (χ0) is 43.5. The number of benzene rings is 1. The fraction of sp³-hybridized carbons (Fsp3) is 0.556. The SMILES string of the molecule is CCN(CC)C(=O)N(C)[C@H](C(=O)NC1[Si][C@@]12Cc1nc(cs1)-c1ccc3c(c1)c1c(n3CC)-c3cccnc3[C@@H](OC)C1C(C)(C)COC(=O)[C@@H]1CCCN(N1)C2=O)C(C)C. The molecule has 4 amide bonds. The second-order valence-corrected chi connectivity index (χ2v) is 20.5. The normalized spacial score (nSPS) is 24.9. The van der Waals surface area contributed by atoms with Gasteiger partial charge in [0.1, 0.15) is 18.2 Å². The molecule has 8 rings (SSSR count). The van der Waals surface area contributed by atoms with E-state index >= 15 is 0 Å². The summed E-state index contributed by atoms with van der Waals surface area (Å²) < 4.78 is 15.0. The molecule has 1 aliphatic carbocycles. The van der Waals surface area contributed by atoms with E-state index in [1.807, 2.05) is 45.3 Å². The molecule has 16 heteroatoms. The van der Waals surface area contributed by atoms with Crippen molar-refractivity contribution in [1.82, 2.24) is 40.1 Å². The Labute approximate surface area is 364 Å². The number of nitrogens with zero attached hydrogens (tertiary/aromatic N) is 6. The van der Waals surface area contributed by atoms with Crippen molar-refractivity contribution in [2.24, 2.45) is 11.3 Å². The third kappa shape index (κ3) is 7.36. The van der Waals surface area contributed by atoms with E-state index in [1.165, 1.54) is 16.2 Å². The minimum Gasteiger partial charge on any atom is -0.464 e. The lowest BCUT2D eigenvalue weighted by Gasteiger charge is -2.42. The molecule has 2 radical (unpaired) electrons. The van der Waals surface area contributed by atoms with Crippen LogP contribution in [-0.4, -0.2) is 121 Å². The summed E-state index contributed by atoms with van der Waals surface area (Å²) in [5, 5.41) is 7.71. The number of carbonyl (C=O) groups is 4. The predicted molar refractivity (Wildman–Crippen MR) is 236 cm³/mol. The standard InChI is InChI=1S/C45H58N8O6SSi/c1-10-51(11-2)43(57)50(8)36(25(4)5)39(54)48-41-45(61-41)22-32-47-30(23-60-32)26-17-18-31-28(21-26)33-34(38(58-9)35-27(15-13-19-46-35)37(33)52(31)12-3)44(6,7)24-59-40(55)29-16-14-20-53(49-29)42(45)56/h13,15,17-19,21,23,25,29,34,36,38,41,49H,10-12,14,16,20,22,24H2,1-9H3,(H,48,54)/t29-,34?,36-,38-,41?,45-/m0/s1. The highest BCUT2D eigenvalue weighted by atomic mass is 32.1. The molecule has 2 fully saturated rings. The number of cyclic esters (lactones) is 1. The van der Waals surface area contributed by atoms with Crippen molar-refractivity contribution in [2.75, 3.05) is 40.4 Å². The van der Waals surface area contributed by atoms with Crippen LogP contribution >= 0.6 is 11.3 Å². The van der Waals surface area contributed by atoms with Gasteiger partial charge >= 0.3 is 12.0 Å². The van der Waals surface area contributed by atoms with Gasteiger partial charge in [0, 0.05) is 97.4 Å². The highest BCUT2D eigenvalue weighted by Gasteiger charge is 2.64. The molecule has 6 bridgehead atoms. The fourth-order valence-corrected chi connectivity index (χ4v) is 12.5. The average molecular weight is 867 g/mol. The predicted octanol–water partition coefficient (Wildman–Crippen LogP) is 5.99. The lowest BCUT2D eigenvalue weighted by atomic mass is 9.67. The first-order valence-electron chi connectivity index (χ1n) is 21.6. The largest absolute Gasteiger partial charge is 0.464 e. The Morgan fingerprint density at radius 1 is 1.16 bits per heavy atom. The number of rotatable bonds is 8. The minimum atomic E-state index is -0.981. The number of aryl methyl sites for hydroxylation is 1. The van der Waals surface area contributed by atoms with Crippen LogP contribution in [0.2, 0.25) is 5.04 Å². The number of likely N-dealkylation sites (N-methyl/N-ethyl adjacent to an activating group) is 1. The molecule has 2 unspecified atom stereocenters. The molecule has 14 nitrogen and oxygen atoms in total. The van der Waals surface area contributed by atoms with Crippen LogP contribution in [0.3, 0.4) is 0 Å². The van der Waals surface area contributed by atoms with Crippen LogP contribution in [0.5, 0.6) is 0 Å². The third-order valence-corrected chi connectivity index (χ3v) is 15.9. The number of ether oxygens (including phenoxy) is 2. The number of aromatic nitrogens is 3. The highest BCUT2D eigenvalue weighted by Crippen LogP contribution is 2.57. The molecular formula is C45H58N8O6SSi. The van der Waals surface area contributed by atoms with Crippen LogP contribution in [-0.2, 0) is 36.8 Å². The fourth-order valence-electron chi connectivity index (χ4n) is 10.0. The second-order valence-electron chi connectivity index (χ2n) is 17.8. The minimum absolute atomic E-state index is 0.0692. The van der Waals surface area contributed by atoms with Gasteiger partial charge in [-0.2, -0.15) is 0 Å². The van der Waals surface area contributed by atoms with Crippen molar-refractivity contribution in [2.45, 2.75) is 109 Å². The van der Waals surface area contributed by atoms with Crippen molar-refractivity contribution in [3.63, 3.8) is 0 Å². The molecule has 3 aromatic heterocycles.